The summed E-state index contributed by atoms with van der Waals surface area (Å²) in [5.41, 5.74) is 0.847. The van der Waals surface area contributed by atoms with Gasteiger partial charge in [0.05, 0.1) is 0 Å². The van der Waals surface area contributed by atoms with Gasteiger partial charge in [0.15, 0.2) is 0 Å². The van der Waals surface area contributed by atoms with Crippen LogP contribution in [0, 0.1) is 11.7 Å². The molecule has 150 valence electrons. The van der Waals surface area contributed by atoms with Crippen molar-refractivity contribution in [2.24, 2.45) is 5.92 Å². The number of hydrogen-bond donors (Lipinski definition) is 0. The summed E-state index contributed by atoms with van der Waals surface area (Å²) >= 11 is 0. The van der Waals surface area contributed by atoms with Crippen LogP contribution in [-0.2, 0) is 4.79 Å². The van der Waals surface area contributed by atoms with Crippen molar-refractivity contribution < 1.29 is 9.18 Å². The minimum absolute atomic E-state index is 0.116. The van der Waals surface area contributed by atoms with Crippen molar-refractivity contribution in [2.45, 2.75) is 18.9 Å². The maximum absolute atomic E-state index is 13.2. The molecule has 27 heavy (non-hydrogen) atoms. The molecule has 0 bridgehead atoms. The van der Waals surface area contributed by atoms with Crippen LogP contribution in [0.15, 0.2) is 24.3 Å². The van der Waals surface area contributed by atoms with Gasteiger partial charge >= 0.3 is 0 Å². The van der Waals surface area contributed by atoms with Crippen LogP contribution in [0.3, 0.4) is 0 Å². The summed E-state index contributed by atoms with van der Waals surface area (Å²) in [6.45, 7) is 7.00. The Morgan fingerprint density at radius 2 is 1.67 bits per heavy atom. The van der Waals surface area contributed by atoms with Crippen LogP contribution in [0.5, 0.6) is 0 Å². The molecule has 1 unspecified atom stereocenters. The van der Waals surface area contributed by atoms with Crippen molar-refractivity contribution in [1.82, 2.24) is 19.6 Å². The van der Waals surface area contributed by atoms with Crippen LogP contribution in [-0.4, -0.2) is 92.5 Å². The third-order valence-corrected chi connectivity index (χ3v) is 5.97. The van der Waals surface area contributed by atoms with Crippen molar-refractivity contribution >= 4 is 5.91 Å². The number of piperidine rings is 1. The fourth-order valence-corrected chi connectivity index (χ4v) is 4.24. The maximum Gasteiger partial charge on any atom is 0.244 e. The predicted octanol–water partition coefficient (Wildman–Crippen LogP) is 1.91. The highest BCUT2D eigenvalue weighted by molar-refractivity contribution is 5.83. The van der Waals surface area contributed by atoms with E-state index in [1.54, 1.807) is 12.1 Å². The molecule has 1 amide bonds. The summed E-state index contributed by atoms with van der Waals surface area (Å²) in [5.74, 6) is 0.633. The number of halogens is 1. The molecule has 2 aliphatic heterocycles. The van der Waals surface area contributed by atoms with Crippen LogP contribution in [0.4, 0.5) is 4.39 Å². The molecule has 2 aliphatic rings. The zero-order valence-corrected chi connectivity index (χ0v) is 16.9. The Morgan fingerprint density at radius 3 is 2.22 bits per heavy atom. The normalized spacial score (nSPS) is 21.6. The number of amides is 1. The highest BCUT2D eigenvalue weighted by Crippen LogP contribution is 2.23. The quantitative estimate of drug-likeness (QED) is 0.785. The van der Waals surface area contributed by atoms with Gasteiger partial charge in [-0.3, -0.25) is 14.6 Å². The maximum atomic E-state index is 13.2. The molecule has 2 heterocycles. The Balaban J connectivity index is 1.54. The SMILES string of the molecule is CN1CCC(CN2CCN(C(=O)C(c3ccc(F)cc3)N(C)C)CC2)CC1. The summed E-state index contributed by atoms with van der Waals surface area (Å²) in [4.78, 5) is 21.9. The third kappa shape index (κ3) is 5.27. The topological polar surface area (TPSA) is 30.0 Å². The smallest absolute Gasteiger partial charge is 0.244 e. The lowest BCUT2D eigenvalue weighted by Crippen LogP contribution is -2.52. The number of likely N-dealkylation sites (tertiary alicyclic amines) is 1. The zero-order chi connectivity index (χ0) is 19.4. The summed E-state index contributed by atoms with van der Waals surface area (Å²) in [6.07, 6.45) is 2.56. The Hall–Kier alpha value is -1.50. The first kappa shape index (κ1) is 20.2. The number of rotatable bonds is 5. The molecule has 0 N–H and O–H groups in total. The molecule has 0 saturated carbocycles. The van der Waals surface area contributed by atoms with Gasteiger partial charge in [-0.15, -0.1) is 0 Å². The average Bonchev–Trinajstić information content (AvgIpc) is 2.65. The van der Waals surface area contributed by atoms with Gasteiger partial charge in [-0.25, -0.2) is 4.39 Å². The Bertz CT molecular complexity index is 605. The van der Waals surface area contributed by atoms with Gasteiger partial charge in [-0.2, -0.15) is 0 Å². The van der Waals surface area contributed by atoms with E-state index in [0.29, 0.717) is 0 Å². The van der Waals surface area contributed by atoms with Gasteiger partial charge in [0.25, 0.3) is 0 Å². The first-order valence-corrected chi connectivity index (χ1v) is 10.1. The molecule has 6 heteroatoms. The number of carbonyl (C=O) groups is 1. The average molecular weight is 377 g/mol. The third-order valence-electron chi connectivity index (χ3n) is 5.97. The van der Waals surface area contributed by atoms with Gasteiger partial charge in [0, 0.05) is 32.7 Å². The molecule has 0 aliphatic carbocycles. The molecule has 1 aromatic rings. The van der Waals surface area contributed by atoms with E-state index in [1.807, 2.05) is 23.9 Å². The lowest BCUT2D eigenvalue weighted by atomic mass is 9.96. The highest BCUT2D eigenvalue weighted by Gasteiger charge is 2.31. The Kier molecular flexibility index (Phi) is 6.84. The van der Waals surface area contributed by atoms with Crippen LogP contribution in [0.2, 0.25) is 0 Å². The molecule has 1 aromatic carbocycles. The van der Waals surface area contributed by atoms with Gasteiger partial charge in [-0.05, 0) is 70.7 Å². The monoisotopic (exact) mass is 376 g/mol. The van der Waals surface area contributed by atoms with E-state index in [2.05, 4.69) is 16.8 Å². The first-order valence-electron chi connectivity index (χ1n) is 10.1. The fraction of sp³-hybridized carbons (Fsp3) is 0.667. The number of likely N-dealkylation sites (N-methyl/N-ethyl adjacent to an activating group) is 1. The van der Waals surface area contributed by atoms with Crippen molar-refractivity contribution in [2.75, 3.05) is 67.0 Å². The molecular formula is C21H33FN4O. The molecule has 0 spiro atoms. The van der Waals surface area contributed by atoms with Crippen molar-refractivity contribution in [1.29, 1.82) is 0 Å². The number of carbonyl (C=O) groups excluding carboxylic acids is 1. The number of benzene rings is 1. The second-order valence-corrected chi connectivity index (χ2v) is 8.29. The molecular weight excluding hydrogens is 343 g/mol. The summed E-state index contributed by atoms with van der Waals surface area (Å²) in [6, 6.07) is 5.94. The van der Waals surface area contributed by atoms with E-state index < -0.39 is 0 Å². The zero-order valence-electron chi connectivity index (χ0n) is 16.9. The number of hydrogen-bond acceptors (Lipinski definition) is 4. The van der Waals surface area contributed by atoms with E-state index in [-0.39, 0.29) is 17.8 Å². The second kappa shape index (κ2) is 9.13. The molecule has 0 radical (unpaired) electrons. The summed E-state index contributed by atoms with van der Waals surface area (Å²) in [7, 11) is 6.01. The van der Waals surface area contributed by atoms with Crippen LogP contribution < -0.4 is 0 Å². The number of piperazine rings is 1. The van der Waals surface area contributed by atoms with Gasteiger partial charge in [-0.1, -0.05) is 12.1 Å². The van der Waals surface area contributed by atoms with Gasteiger partial charge in [0.1, 0.15) is 11.9 Å². The highest BCUT2D eigenvalue weighted by atomic mass is 19.1. The van der Waals surface area contributed by atoms with E-state index in [0.717, 1.165) is 44.2 Å². The molecule has 2 fully saturated rings. The minimum Gasteiger partial charge on any atom is -0.338 e. The van der Waals surface area contributed by atoms with E-state index >= 15 is 0 Å². The minimum atomic E-state index is -0.356. The molecule has 3 rings (SSSR count). The van der Waals surface area contributed by atoms with Crippen molar-refractivity contribution in [3.8, 4) is 0 Å². The Labute approximate surface area is 162 Å². The standard InChI is InChI=1S/C21H33FN4O/c1-23(2)20(18-4-6-19(22)7-5-18)21(27)26-14-12-25(13-15-26)16-17-8-10-24(3)11-9-17/h4-7,17,20H,8-16H2,1-3H3. The molecule has 0 aromatic heterocycles. The molecule has 2 saturated heterocycles. The summed E-state index contributed by atoms with van der Waals surface area (Å²) < 4.78 is 13.2. The van der Waals surface area contributed by atoms with Crippen LogP contribution in [0.1, 0.15) is 24.4 Å². The van der Waals surface area contributed by atoms with Crippen molar-refractivity contribution in [3.63, 3.8) is 0 Å². The lowest BCUT2D eigenvalue weighted by molar-refractivity contribution is -0.138. The first-order chi connectivity index (χ1) is 12.9. The van der Waals surface area contributed by atoms with Gasteiger partial charge < -0.3 is 9.80 Å². The second-order valence-electron chi connectivity index (χ2n) is 8.29. The predicted molar refractivity (Wildman–Crippen MR) is 106 cm³/mol. The Morgan fingerprint density at radius 1 is 1.07 bits per heavy atom. The number of nitrogens with zero attached hydrogens (tertiary/aromatic N) is 4. The van der Waals surface area contributed by atoms with Crippen LogP contribution in [0.25, 0.3) is 0 Å². The van der Waals surface area contributed by atoms with E-state index in [9.17, 15) is 9.18 Å². The van der Waals surface area contributed by atoms with Gasteiger partial charge in [0.2, 0.25) is 5.91 Å². The fourth-order valence-electron chi connectivity index (χ4n) is 4.24. The lowest BCUT2D eigenvalue weighted by Gasteiger charge is -2.40. The van der Waals surface area contributed by atoms with Crippen molar-refractivity contribution in [3.05, 3.63) is 35.6 Å². The summed E-state index contributed by atoms with van der Waals surface area (Å²) in [5, 5.41) is 0. The largest absolute Gasteiger partial charge is 0.338 e. The molecule has 1 atom stereocenters. The molecule has 5 nitrogen and oxygen atoms in total. The van der Waals surface area contributed by atoms with E-state index in [1.165, 1.54) is 38.1 Å². The van der Waals surface area contributed by atoms with E-state index in [4.69, 9.17) is 0 Å². The van der Waals surface area contributed by atoms with Crippen LogP contribution >= 0.6 is 0 Å².